The molecule has 0 aromatic carbocycles. The third-order valence-electron chi connectivity index (χ3n) is 2.62. The molecule has 8 heteroatoms. The first-order valence-electron chi connectivity index (χ1n) is 5.87. The fourth-order valence-corrected chi connectivity index (χ4v) is 2.59. The van der Waals surface area contributed by atoms with Crippen molar-refractivity contribution in [2.45, 2.75) is 25.5 Å². The van der Waals surface area contributed by atoms with Gasteiger partial charge in [0.2, 0.25) is 0 Å². The molecule has 20 heavy (non-hydrogen) atoms. The van der Waals surface area contributed by atoms with Crippen LogP contribution in [0.2, 0.25) is 10.2 Å². The zero-order chi connectivity index (χ0) is 15.6. The number of rotatable bonds is 4. The van der Waals surface area contributed by atoms with Crippen LogP contribution in [0.1, 0.15) is 31.3 Å². The standard InChI is InChI=1S/C12H16Cl2N2O3S/c1-12(2,3)20(18,19)7-6-15-11(17)10-8(13)4-5-9(14)16-10/h4-5H,6-7H2,1-3H3,(H,15,17). The second-order valence-corrected chi connectivity index (χ2v) is 8.81. The van der Waals surface area contributed by atoms with Crippen molar-refractivity contribution < 1.29 is 13.2 Å². The summed E-state index contributed by atoms with van der Waals surface area (Å²) in [6.07, 6.45) is 0. The van der Waals surface area contributed by atoms with Crippen LogP contribution in [0.3, 0.4) is 0 Å². The zero-order valence-corrected chi connectivity index (χ0v) is 13.7. The van der Waals surface area contributed by atoms with Crippen molar-refractivity contribution >= 4 is 38.9 Å². The van der Waals surface area contributed by atoms with Gasteiger partial charge in [-0.05, 0) is 32.9 Å². The predicted molar refractivity (Wildman–Crippen MR) is 80.1 cm³/mol. The summed E-state index contributed by atoms with van der Waals surface area (Å²) in [4.78, 5) is 15.7. The summed E-state index contributed by atoms with van der Waals surface area (Å²) in [5.41, 5.74) is -0.0210. The lowest BCUT2D eigenvalue weighted by molar-refractivity contribution is 0.0951. The van der Waals surface area contributed by atoms with E-state index < -0.39 is 20.5 Å². The maximum absolute atomic E-state index is 11.9. The second-order valence-electron chi connectivity index (χ2n) is 5.15. The Morgan fingerprint density at radius 3 is 2.45 bits per heavy atom. The van der Waals surface area contributed by atoms with Gasteiger partial charge < -0.3 is 5.32 Å². The fraction of sp³-hybridized carbons (Fsp3) is 0.500. The molecule has 0 bridgehead atoms. The second kappa shape index (κ2) is 6.28. The van der Waals surface area contributed by atoms with Crippen LogP contribution in [0.25, 0.3) is 0 Å². The van der Waals surface area contributed by atoms with Gasteiger partial charge in [-0.3, -0.25) is 4.79 Å². The van der Waals surface area contributed by atoms with Gasteiger partial charge in [-0.1, -0.05) is 23.2 Å². The highest BCUT2D eigenvalue weighted by atomic mass is 35.5. The van der Waals surface area contributed by atoms with Gasteiger partial charge in [0.1, 0.15) is 10.8 Å². The van der Waals surface area contributed by atoms with Crippen LogP contribution in [0.4, 0.5) is 0 Å². The molecule has 0 aliphatic carbocycles. The van der Waals surface area contributed by atoms with Gasteiger partial charge in [-0.25, -0.2) is 13.4 Å². The topological polar surface area (TPSA) is 76.1 Å². The largest absolute Gasteiger partial charge is 0.350 e. The van der Waals surface area contributed by atoms with Crippen LogP contribution in [-0.4, -0.2) is 36.4 Å². The normalized spacial score (nSPS) is 12.2. The molecule has 1 aromatic rings. The van der Waals surface area contributed by atoms with E-state index in [2.05, 4.69) is 10.3 Å². The van der Waals surface area contributed by atoms with Crippen LogP contribution in [0.15, 0.2) is 12.1 Å². The first-order chi connectivity index (χ1) is 9.04. The minimum absolute atomic E-state index is 0.0110. The van der Waals surface area contributed by atoms with E-state index in [1.807, 2.05) is 0 Å². The Morgan fingerprint density at radius 2 is 1.90 bits per heavy atom. The molecule has 0 aliphatic rings. The Kier molecular flexibility index (Phi) is 5.40. The van der Waals surface area contributed by atoms with Crippen LogP contribution in [0, 0.1) is 0 Å². The summed E-state index contributed by atoms with van der Waals surface area (Å²) >= 11 is 11.5. The first kappa shape index (κ1) is 17.2. The molecular formula is C12H16Cl2N2O3S. The lowest BCUT2D eigenvalue weighted by Crippen LogP contribution is -2.36. The number of halogens is 2. The predicted octanol–water partition coefficient (Wildman–Crippen LogP) is 2.33. The molecule has 1 N–H and O–H groups in total. The van der Waals surface area contributed by atoms with E-state index >= 15 is 0 Å². The quantitative estimate of drug-likeness (QED) is 0.854. The van der Waals surface area contributed by atoms with Crippen molar-refractivity contribution in [1.29, 1.82) is 0 Å². The molecule has 1 heterocycles. The monoisotopic (exact) mass is 338 g/mol. The highest BCUT2D eigenvalue weighted by Crippen LogP contribution is 2.17. The Bertz CT molecular complexity index is 610. The molecule has 1 rings (SSSR count). The number of sulfone groups is 1. The van der Waals surface area contributed by atoms with Crippen LogP contribution >= 0.6 is 23.2 Å². The van der Waals surface area contributed by atoms with Gasteiger partial charge in [-0.2, -0.15) is 0 Å². The molecular weight excluding hydrogens is 323 g/mol. The Morgan fingerprint density at radius 1 is 1.30 bits per heavy atom. The molecule has 0 saturated heterocycles. The van der Waals surface area contributed by atoms with Crippen molar-refractivity contribution in [1.82, 2.24) is 10.3 Å². The number of hydrogen-bond acceptors (Lipinski definition) is 4. The summed E-state index contributed by atoms with van der Waals surface area (Å²) in [6, 6.07) is 2.92. The molecule has 0 saturated carbocycles. The van der Waals surface area contributed by atoms with Crippen LogP contribution in [-0.2, 0) is 9.84 Å². The number of aromatic nitrogens is 1. The molecule has 112 valence electrons. The molecule has 1 amide bonds. The average Bonchev–Trinajstić information content (AvgIpc) is 2.30. The minimum Gasteiger partial charge on any atom is -0.350 e. The van der Waals surface area contributed by atoms with Crippen molar-refractivity contribution in [2.24, 2.45) is 0 Å². The summed E-state index contributed by atoms with van der Waals surface area (Å²) in [5.74, 6) is -0.706. The third kappa shape index (κ3) is 4.33. The van der Waals surface area contributed by atoms with E-state index in [1.165, 1.54) is 12.1 Å². The molecule has 0 aliphatic heterocycles. The van der Waals surface area contributed by atoms with E-state index in [1.54, 1.807) is 20.8 Å². The molecule has 0 atom stereocenters. The summed E-state index contributed by atoms with van der Waals surface area (Å²) in [7, 11) is -3.29. The maximum atomic E-state index is 11.9. The van der Waals surface area contributed by atoms with Gasteiger partial charge in [-0.15, -0.1) is 0 Å². The number of hydrogen-bond donors (Lipinski definition) is 1. The Balaban J connectivity index is 2.68. The third-order valence-corrected chi connectivity index (χ3v) is 5.74. The number of nitrogens with one attached hydrogen (secondary N) is 1. The van der Waals surface area contributed by atoms with Crippen molar-refractivity contribution in [3.8, 4) is 0 Å². The summed E-state index contributed by atoms with van der Waals surface area (Å²) < 4.78 is 22.9. The number of amides is 1. The maximum Gasteiger partial charge on any atom is 0.271 e. The fourth-order valence-electron chi connectivity index (χ4n) is 1.27. The van der Waals surface area contributed by atoms with E-state index in [-0.39, 0.29) is 28.2 Å². The van der Waals surface area contributed by atoms with E-state index in [0.717, 1.165) is 0 Å². The van der Waals surface area contributed by atoms with E-state index in [9.17, 15) is 13.2 Å². The smallest absolute Gasteiger partial charge is 0.271 e. The molecule has 0 spiro atoms. The van der Waals surface area contributed by atoms with Gasteiger partial charge in [0, 0.05) is 6.54 Å². The highest BCUT2D eigenvalue weighted by molar-refractivity contribution is 7.92. The van der Waals surface area contributed by atoms with Gasteiger partial charge >= 0.3 is 0 Å². The number of carbonyl (C=O) groups excluding carboxylic acids is 1. The zero-order valence-electron chi connectivity index (χ0n) is 11.4. The summed E-state index contributed by atoms with van der Waals surface area (Å²) in [5, 5.41) is 2.77. The van der Waals surface area contributed by atoms with Gasteiger partial charge in [0.25, 0.3) is 5.91 Å². The van der Waals surface area contributed by atoms with E-state index in [4.69, 9.17) is 23.2 Å². The number of pyridine rings is 1. The molecule has 0 radical (unpaired) electrons. The van der Waals surface area contributed by atoms with Gasteiger partial charge in [0.05, 0.1) is 15.5 Å². The van der Waals surface area contributed by atoms with Crippen molar-refractivity contribution in [3.63, 3.8) is 0 Å². The molecule has 0 unspecified atom stereocenters. The lowest BCUT2D eigenvalue weighted by Gasteiger charge is -2.19. The SMILES string of the molecule is CC(C)(C)S(=O)(=O)CCNC(=O)c1nc(Cl)ccc1Cl. The lowest BCUT2D eigenvalue weighted by atomic mass is 10.3. The minimum atomic E-state index is -3.29. The molecule has 1 aromatic heterocycles. The first-order valence-corrected chi connectivity index (χ1v) is 8.28. The number of nitrogens with zero attached hydrogens (tertiary/aromatic N) is 1. The Hall–Kier alpha value is -0.850. The van der Waals surface area contributed by atoms with Crippen molar-refractivity contribution in [2.75, 3.05) is 12.3 Å². The number of carbonyl (C=O) groups is 1. The van der Waals surface area contributed by atoms with Crippen LogP contribution < -0.4 is 5.32 Å². The Labute approximate surface area is 128 Å². The van der Waals surface area contributed by atoms with Crippen molar-refractivity contribution in [3.05, 3.63) is 28.0 Å². The van der Waals surface area contributed by atoms with E-state index in [0.29, 0.717) is 0 Å². The summed E-state index contributed by atoms with van der Waals surface area (Å²) in [6.45, 7) is 4.82. The highest BCUT2D eigenvalue weighted by Gasteiger charge is 2.28. The average molecular weight is 339 g/mol. The van der Waals surface area contributed by atoms with Gasteiger partial charge in [0.15, 0.2) is 9.84 Å². The molecule has 0 fully saturated rings. The molecule has 5 nitrogen and oxygen atoms in total. The van der Waals surface area contributed by atoms with Crippen LogP contribution in [0.5, 0.6) is 0 Å².